The van der Waals surface area contributed by atoms with Gasteiger partial charge in [0.05, 0.1) is 5.56 Å². The number of amides is 1. The molecule has 3 rings (SSSR count). The van der Waals surface area contributed by atoms with E-state index in [9.17, 15) is 14.0 Å². The molecule has 1 amide bonds. The number of benzene rings is 3. The molecule has 0 radical (unpaired) electrons. The van der Waals surface area contributed by atoms with E-state index in [0.29, 0.717) is 17.0 Å². The van der Waals surface area contributed by atoms with Crippen molar-refractivity contribution in [2.24, 2.45) is 0 Å². The number of carbonyl (C=O) groups excluding carboxylic acids is 2. The minimum absolute atomic E-state index is 0.253. The van der Waals surface area contributed by atoms with Gasteiger partial charge in [0.15, 0.2) is 12.9 Å². The third-order valence-electron chi connectivity index (χ3n) is 3.54. The Hall–Kier alpha value is -3.21. The summed E-state index contributed by atoms with van der Waals surface area (Å²) in [7, 11) is 0. The highest BCUT2D eigenvalue weighted by molar-refractivity contribution is 6.01. The third kappa shape index (κ3) is 3.41. The van der Waals surface area contributed by atoms with Crippen LogP contribution in [0.15, 0.2) is 60.7 Å². The number of hydrogen-bond donors (Lipinski definition) is 1. The summed E-state index contributed by atoms with van der Waals surface area (Å²) in [6.07, 6.45) is 0.718. The molecular formula is C19H14FNO3. The number of rotatable bonds is 5. The first-order valence-corrected chi connectivity index (χ1v) is 7.32. The van der Waals surface area contributed by atoms with E-state index < -0.39 is 5.91 Å². The van der Waals surface area contributed by atoms with E-state index >= 15 is 0 Å². The Balaban J connectivity index is 1.72. The Morgan fingerprint density at radius 2 is 1.79 bits per heavy atom. The van der Waals surface area contributed by atoms with Crippen LogP contribution in [0.3, 0.4) is 0 Å². The van der Waals surface area contributed by atoms with Crippen molar-refractivity contribution < 1.29 is 18.7 Å². The summed E-state index contributed by atoms with van der Waals surface area (Å²) in [6, 6.07) is 16.4. The standard InChI is InChI=1S/C19H14FNO3/c20-14-6-8-15(9-7-14)21-19(23)12-24-18-10-5-13-3-1-2-4-16(13)17(18)11-22/h1-11H,12H2,(H,21,23). The molecule has 0 saturated carbocycles. The van der Waals surface area contributed by atoms with Gasteiger partial charge in [0, 0.05) is 5.69 Å². The van der Waals surface area contributed by atoms with Gasteiger partial charge >= 0.3 is 0 Å². The van der Waals surface area contributed by atoms with Crippen LogP contribution in [-0.2, 0) is 4.79 Å². The SMILES string of the molecule is O=Cc1c(OCC(=O)Nc2ccc(F)cc2)ccc2ccccc12. The van der Waals surface area contributed by atoms with Crippen molar-refractivity contribution in [2.45, 2.75) is 0 Å². The molecule has 0 unspecified atom stereocenters. The monoisotopic (exact) mass is 323 g/mol. The summed E-state index contributed by atoms with van der Waals surface area (Å²) in [5, 5.41) is 4.28. The lowest BCUT2D eigenvalue weighted by Gasteiger charge is -2.11. The molecule has 5 heteroatoms. The summed E-state index contributed by atoms with van der Waals surface area (Å²) in [4.78, 5) is 23.3. The maximum atomic E-state index is 12.8. The highest BCUT2D eigenvalue weighted by atomic mass is 19.1. The maximum Gasteiger partial charge on any atom is 0.262 e. The van der Waals surface area contributed by atoms with Crippen molar-refractivity contribution in [1.29, 1.82) is 0 Å². The minimum Gasteiger partial charge on any atom is -0.483 e. The van der Waals surface area contributed by atoms with Gasteiger partial charge in [0.25, 0.3) is 5.91 Å². The Bertz CT molecular complexity index is 891. The van der Waals surface area contributed by atoms with Crippen LogP contribution >= 0.6 is 0 Å². The molecule has 0 spiro atoms. The summed E-state index contributed by atoms with van der Waals surface area (Å²) < 4.78 is 18.3. The average Bonchev–Trinajstić information content (AvgIpc) is 2.61. The number of halogens is 1. The van der Waals surface area contributed by atoms with Gasteiger partial charge in [-0.25, -0.2) is 4.39 Å². The second kappa shape index (κ2) is 6.91. The Kier molecular flexibility index (Phi) is 4.52. The predicted molar refractivity (Wildman–Crippen MR) is 89.9 cm³/mol. The average molecular weight is 323 g/mol. The lowest BCUT2D eigenvalue weighted by Crippen LogP contribution is -2.20. The molecule has 4 nitrogen and oxygen atoms in total. The Labute approximate surface area is 137 Å². The second-order valence-corrected chi connectivity index (χ2v) is 5.16. The van der Waals surface area contributed by atoms with E-state index in [1.165, 1.54) is 24.3 Å². The van der Waals surface area contributed by atoms with E-state index in [0.717, 1.165) is 17.1 Å². The van der Waals surface area contributed by atoms with Gasteiger partial charge in [-0.1, -0.05) is 30.3 Å². The van der Waals surface area contributed by atoms with Crippen LogP contribution in [0.1, 0.15) is 10.4 Å². The zero-order valence-corrected chi connectivity index (χ0v) is 12.7. The highest BCUT2D eigenvalue weighted by Gasteiger charge is 2.10. The highest BCUT2D eigenvalue weighted by Crippen LogP contribution is 2.26. The Morgan fingerprint density at radius 1 is 1.04 bits per heavy atom. The van der Waals surface area contributed by atoms with Gasteiger partial charge in [-0.15, -0.1) is 0 Å². The van der Waals surface area contributed by atoms with Gasteiger partial charge in [0.2, 0.25) is 0 Å². The van der Waals surface area contributed by atoms with Gasteiger partial charge < -0.3 is 10.1 Å². The molecule has 120 valence electrons. The van der Waals surface area contributed by atoms with Crippen molar-refractivity contribution in [2.75, 3.05) is 11.9 Å². The zero-order valence-electron chi connectivity index (χ0n) is 12.7. The molecule has 0 saturated heterocycles. The first-order valence-electron chi connectivity index (χ1n) is 7.32. The molecule has 0 atom stereocenters. The first-order chi connectivity index (χ1) is 11.7. The molecule has 0 fully saturated rings. The third-order valence-corrected chi connectivity index (χ3v) is 3.54. The second-order valence-electron chi connectivity index (χ2n) is 5.16. The largest absolute Gasteiger partial charge is 0.483 e. The fraction of sp³-hybridized carbons (Fsp3) is 0.0526. The molecule has 0 aliphatic heterocycles. The normalized spacial score (nSPS) is 10.4. The van der Waals surface area contributed by atoms with Gasteiger partial charge in [-0.3, -0.25) is 9.59 Å². The number of anilines is 1. The number of aldehydes is 1. The number of fused-ring (bicyclic) bond motifs is 1. The topological polar surface area (TPSA) is 55.4 Å². The lowest BCUT2D eigenvalue weighted by molar-refractivity contribution is -0.118. The first kappa shape index (κ1) is 15.7. The Morgan fingerprint density at radius 3 is 2.54 bits per heavy atom. The molecule has 0 aliphatic rings. The number of nitrogens with one attached hydrogen (secondary N) is 1. The molecule has 3 aromatic carbocycles. The van der Waals surface area contributed by atoms with Gasteiger partial charge in [0.1, 0.15) is 11.6 Å². The molecule has 3 aromatic rings. The van der Waals surface area contributed by atoms with Gasteiger partial charge in [-0.2, -0.15) is 0 Å². The van der Waals surface area contributed by atoms with Crippen molar-refractivity contribution in [3.05, 3.63) is 72.0 Å². The van der Waals surface area contributed by atoms with E-state index in [-0.39, 0.29) is 12.4 Å². The van der Waals surface area contributed by atoms with E-state index in [1.807, 2.05) is 30.3 Å². The van der Waals surface area contributed by atoms with Crippen molar-refractivity contribution >= 4 is 28.7 Å². The zero-order chi connectivity index (χ0) is 16.9. The molecule has 24 heavy (non-hydrogen) atoms. The molecule has 0 bridgehead atoms. The minimum atomic E-state index is -0.397. The summed E-state index contributed by atoms with van der Waals surface area (Å²) in [5.41, 5.74) is 0.877. The fourth-order valence-electron chi connectivity index (χ4n) is 2.40. The predicted octanol–water partition coefficient (Wildman–Crippen LogP) is 3.81. The van der Waals surface area contributed by atoms with Gasteiger partial charge in [-0.05, 0) is 41.1 Å². The summed E-state index contributed by atoms with van der Waals surface area (Å²) >= 11 is 0. The van der Waals surface area contributed by atoms with Crippen molar-refractivity contribution in [3.8, 4) is 5.75 Å². The number of hydrogen-bond acceptors (Lipinski definition) is 3. The number of ether oxygens (including phenoxy) is 1. The maximum absolute atomic E-state index is 12.8. The van der Waals surface area contributed by atoms with Crippen molar-refractivity contribution in [1.82, 2.24) is 0 Å². The van der Waals surface area contributed by atoms with E-state index in [2.05, 4.69) is 5.32 Å². The van der Waals surface area contributed by atoms with E-state index in [1.54, 1.807) is 6.07 Å². The van der Waals surface area contributed by atoms with Crippen LogP contribution in [0.4, 0.5) is 10.1 Å². The fourth-order valence-corrected chi connectivity index (χ4v) is 2.40. The summed E-state index contributed by atoms with van der Waals surface area (Å²) in [5.74, 6) is -0.430. The van der Waals surface area contributed by atoms with Crippen LogP contribution in [0.2, 0.25) is 0 Å². The van der Waals surface area contributed by atoms with Crippen molar-refractivity contribution in [3.63, 3.8) is 0 Å². The smallest absolute Gasteiger partial charge is 0.262 e. The molecule has 0 aliphatic carbocycles. The molecule has 0 heterocycles. The quantitative estimate of drug-likeness (QED) is 0.727. The molecule has 0 aromatic heterocycles. The van der Waals surface area contributed by atoms with Crippen LogP contribution in [0, 0.1) is 5.82 Å². The number of carbonyl (C=O) groups is 2. The summed E-state index contributed by atoms with van der Waals surface area (Å²) in [6.45, 7) is -0.253. The van der Waals surface area contributed by atoms with E-state index in [4.69, 9.17) is 4.74 Å². The van der Waals surface area contributed by atoms with Crippen LogP contribution in [-0.4, -0.2) is 18.8 Å². The lowest BCUT2D eigenvalue weighted by atomic mass is 10.0. The van der Waals surface area contributed by atoms with Crippen LogP contribution in [0.25, 0.3) is 10.8 Å². The van der Waals surface area contributed by atoms with Crippen LogP contribution in [0.5, 0.6) is 5.75 Å². The molecule has 1 N–H and O–H groups in total. The van der Waals surface area contributed by atoms with Crippen LogP contribution < -0.4 is 10.1 Å². The molecular weight excluding hydrogens is 309 g/mol.